The molecule has 4 atom stereocenters. The molecule has 0 aromatic heterocycles. The largest absolute Gasteiger partial charge is 0.454 e. The average Bonchev–Trinajstić information content (AvgIpc) is 3.33. The molecule has 7 heteroatoms. The predicted molar refractivity (Wildman–Crippen MR) is 97.7 cm³/mol. The number of likely N-dealkylation sites (N-methyl/N-ethyl adjacent to an activating group) is 1. The van der Waals surface area contributed by atoms with Crippen molar-refractivity contribution >= 4 is 0 Å². The normalized spacial score (nSPS) is 31.9. The molecule has 0 radical (unpaired) electrons. The molecule has 7 nitrogen and oxygen atoms in total. The molecule has 28 heavy (non-hydrogen) atoms. The summed E-state index contributed by atoms with van der Waals surface area (Å²) >= 11 is 0. The van der Waals surface area contributed by atoms with E-state index >= 15 is 0 Å². The van der Waals surface area contributed by atoms with Crippen LogP contribution in [0.25, 0.3) is 0 Å². The number of benzene rings is 2. The molecule has 0 fully saturated rings. The van der Waals surface area contributed by atoms with E-state index in [9.17, 15) is 10.2 Å². The first-order valence-electron chi connectivity index (χ1n) is 9.42. The number of hydrogen-bond donors (Lipinski definition) is 2. The van der Waals surface area contributed by atoms with Gasteiger partial charge in [-0.25, -0.2) is 0 Å². The van der Waals surface area contributed by atoms with E-state index in [0.29, 0.717) is 23.6 Å². The number of hydrogen-bond acceptors (Lipinski definition) is 7. The summed E-state index contributed by atoms with van der Waals surface area (Å²) in [6.45, 7) is 3.03. The molecule has 4 aliphatic rings. The quantitative estimate of drug-likeness (QED) is 0.720. The van der Waals surface area contributed by atoms with Crippen LogP contribution in [0.15, 0.2) is 24.3 Å². The van der Waals surface area contributed by atoms with E-state index in [4.69, 9.17) is 18.9 Å². The van der Waals surface area contributed by atoms with Crippen molar-refractivity contribution in [2.75, 3.05) is 20.6 Å². The summed E-state index contributed by atoms with van der Waals surface area (Å²) in [4.78, 5) is 2.19. The second kappa shape index (κ2) is 5.31. The Kier molecular flexibility index (Phi) is 3.13. The zero-order chi connectivity index (χ0) is 19.2. The topological polar surface area (TPSA) is 80.6 Å². The van der Waals surface area contributed by atoms with E-state index in [1.165, 1.54) is 0 Å². The lowest BCUT2D eigenvalue weighted by Crippen LogP contribution is -2.56. The molecule has 3 aliphatic heterocycles. The summed E-state index contributed by atoms with van der Waals surface area (Å²) in [5.74, 6) is 2.75. The first kappa shape index (κ1) is 16.5. The van der Waals surface area contributed by atoms with Crippen LogP contribution in [0.1, 0.15) is 41.3 Å². The fraction of sp³-hybridized carbons (Fsp3) is 0.429. The number of aliphatic hydroxyl groups is 2. The summed E-state index contributed by atoms with van der Waals surface area (Å²) in [5.41, 5.74) is 2.90. The fourth-order valence-corrected chi connectivity index (χ4v) is 5.48. The maximum Gasteiger partial charge on any atom is 0.231 e. The van der Waals surface area contributed by atoms with Gasteiger partial charge in [0, 0.05) is 23.6 Å². The van der Waals surface area contributed by atoms with E-state index in [2.05, 4.69) is 4.90 Å². The van der Waals surface area contributed by atoms with Crippen molar-refractivity contribution in [3.05, 3.63) is 46.5 Å². The minimum absolute atomic E-state index is 0.136. The van der Waals surface area contributed by atoms with Crippen molar-refractivity contribution in [3.8, 4) is 23.0 Å². The van der Waals surface area contributed by atoms with Gasteiger partial charge in [0.25, 0.3) is 0 Å². The number of nitrogens with zero attached hydrogens (tertiary/aromatic N) is 1. The second-order valence-corrected chi connectivity index (χ2v) is 8.15. The molecule has 0 bridgehead atoms. The minimum Gasteiger partial charge on any atom is -0.454 e. The lowest BCUT2D eigenvalue weighted by molar-refractivity contribution is -0.0785. The highest BCUT2D eigenvalue weighted by molar-refractivity contribution is 5.60. The first-order chi connectivity index (χ1) is 13.5. The maximum atomic E-state index is 11.3. The van der Waals surface area contributed by atoms with Gasteiger partial charge in [-0.15, -0.1) is 0 Å². The third kappa shape index (κ3) is 1.84. The summed E-state index contributed by atoms with van der Waals surface area (Å²) in [5, 5.41) is 22.4. The Hall–Kier alpha value is -2.48. The molecule has 0 saturated heterocycles. The van der Waals surface area contributed by atoms with E-state index in [1.54, 1.807) is 6.07 Å². The van der Waals surface area contributed by atoms with Crippen LogP contribution in [0.2, 0.25) is 0 Å². The number of aliphatic hydroxyl groups excluding tert-OH is 2. The van der Waals surface area contributed by atoms with Crippen molar-refractivity contribution in [3.63, 3.8) is 0 Å². The molecule has 0 spiro atoms. The molecule has 0 amide bonds. The van der Waals surface area contributed by atoms with Gasteiger partial charge in [0.05, 0.1) is 6.10 Å². The van der Waals surface area contributed by atoms with Crippen LogP contribution in [0.3, 0.4) is 0 Å². The van der Waals surface area contributed by atoms with Crippen LogP contribution in [0, 0.1) is 0 Å². The SMILES string of the molecule is CN1Cc2c(ccc3c2OCO3)[C@]2(C)[C@H](O)C(O)c3cc4c(cc3[C@H]12)OCO4. The fourth-order valence-electron chi connectivity index (χ4n) is 5.48. The van der Waals surface area contributed by atoms with Gasteiger partial charge < -0.3 is 29.2 Å². The number of fused-ring (bicyclic) bond motifs is 8. The maximum absolute atomic E-state index is 11.3. The van der Waals surface area contributed by atoms with E-state index in [-0.39, 0.29) is 19.6 Å². The lowest BCUT2D eigenvalue weighted by Gasteiger charge is -2.55. The Morgan fingerprint density at radius 3 is 2.43 bits per heavy atom. The predicted octanol–water partition coefficient (Wildman–Crippen LogP) is 2.00. The first-order valence-corrected chi connectivity index (χ1v) is 9.42. The van der Waals surface area contributed by atoms with E-state index < -0.39 is 17.6 Å². The van der Waals surface area contributed by atoms with Crippen LogP contribution >= 0.6 is 0 Å². The Balaban J connectivity index is 1.61. The highest BCUT2D eigenvalue weighted by Crippen LogP contribution is 2.59. The number of rotatable bonds is 0. The van der Waals surface area contributed by atoms with Crippen LogP contribution in [-0.4, -0.2) is 41.9 Å². The van der Waals surface area contributed by atoms with Gasteiger partial charge in [-0.2, -0.15) is 0 Å². The molecular formula is C21H21NO6. The van der Waals surface area contributed by atoms with Gasteiger partial charge in [0.15, 0.2) is 23.0 Å². The molecule has 6 rings (SSSR count). The zero-order valence-corrected chi connectivity index (χ0v) is 15.6. The van der Waals surface area contributed by atoms with Crippen LogP contribution in [0.4, 0.5) is 0 Å². The van der Waals surface area contributed by atoms with Gasteiger partial charge in [-0.05, 0) is 41.9 Å². The highest BCUT2D eigenvalue weighted by Gasteiger charge is 2.56. The Bertz CT molecular complexity index is 1010. The Morgan fingerprint density at radius 1 is 0.964 bits per heavy atom. The second-order valence-electron chi connectivity index (χ2n) is 8.15. The summed E-state index contributed by atoms with van der Waals surface area (Å²) in [6, 6.07) is 7.50. The zero-order valence-electron chi connectivity index (χ0n) is 15.6. The van der Waals surface area contributed by atoms with Gasteiger partial charge >= 0.3 is 0 Å². The third-order valence-electron chi connectivity index (χ3n) is 6.74. The lowest BCUT2D eigenvalue weighted by atomic mass is 9.59. The molecule has 1 aliphatic carbocycles. The van der Waals surface area contributed by atoms with Crippen molar-refractivity contribution in [1.29, 1.82) is 0 Å². The van der Waals surface area contributed by atoms with Gasteiger partial charge in [-0.3, -0.25) is 4.90 Å². The molecule has 1 unspecified atom stereocenters. The third-order valence-corrected chi connectivity index (χ3v) is 6.74. The molecule has 146 valence electrons. The van der Waals surface area contributed by atoms with Gasteiger partial charge in [0.1, 0.15) is 6.10 Å². The van der Waals surface area contributed by atoms with Crippen LogP contribution < -0.4 is 18.9 Å². The van der Waals surface area contributed by atoms with E-state index in [1.807, 2.05) is 32.2 Å². The monoisotopic (exact) mass is 383 g/mol. The minimum atomic E-state index is -1.03. The van der Waals surface area contributed by atoms with Crippen LogP contribution in [0.5, 0.6) is 23.0 Å². The molecule has 3 heterocycles. The molecule has 2 aromatic carbocycles. The van der Waals surface area contributed by atoms with E-state index in [0.717, 1.165) is 28.2 Å². The molecule has 0 saturated carbocycles. The smallest absolute Gasteiger partial charge is 0.231 e. The Morgan fingerprint density at radius 2 is 1.64 bits per heavy atom. The van der Waals surface area contributed by atoms with Gasteiger partial charge in [0.2, 0.25) is 13.6 Å². The van der Waals surface area contributed by atoms with Crippen molar-refractivity contribution in [1.82, 2.24) is 4.90 Å². The van der Waals surface area contributed by atoms with Crippen molar-refractivity contribution in [2.45, 2.75) is 37.1 Å². The molecular weight excluding hydrogens is 362 g/mol. The number of ether oxygens (including phenoxy) is 4. The summed E-state index contributed by atoms with van der Waals surface area (Å²) in [6.07, 6.45) is -2.03. The van der Waals surface area contributed by atoms with Crippen LogP contribution in [-0.2, 0) is 12.0 Å². The average molecular weight is 383 g/mol. The van der Waals surface area contributed by atoms with Crippen molar-refractivity contribution < 1.29 is 29.2 Å². The molecule has 2 N–H and O–H groups in total. The van der Waals surface area contributed by atoms with Crippen molar-refractivity contribution in [2.24, 2.45) is 0 Å². The molecule has 2 aromatic rings. The van der Waals surface area contributed by atoms with Gasteiger partial charge in [-0.1, -0.05) is 13.0 Å². The summed E-state index contributed by atoms with van der Waals surface area (Å²) < 4.78 is 22.3. The highest BCUT2D eigenvalue weighted by atomic mass is 16.7. The Labute approximate surface area is 162 Å². The summed E-state index contributed by atoms with van der Waals surface area (Å²) in [7, 11) is 2.03. The standard InChI is InChI=1S/C21H21NO6/c1-21-13-3-4-14-18(28-9-25-14)12(13)7-22(2)19(21)11-6-16-15(26-8-27-16)5-10(11)17(23)20(21)24/h3-6,17,19-20,23-24H,7-9H2,1-2H3/t17?,19-,20+,21-/m0/s1.